The zero-order valence-electron chi connectivity index (χ0n) is 37.5. The summed E-state index contributed by atoms with van der Waals surface area (Å²) >= 11 is 0. The van der Waals surface area contributed by atoms with E-state index in [1.807, 2.05) is 0 Å². The number of aliphatic hydroxyl groups is 1. The first kappa shape index (κ1) is 42.6. The summed E-state index contributed by atoms with van der Waals surface area (Å²) in [5.41, 5.74) is 1.97. The third-order valence-corrected chi connectivity index (χ3v) is 17.6. The molecule has 330 valence electrons. The SMILES string of the molecule is CCCCCCCCCCC12CCC(=O)N1C1CCCC3C=C/C(=C4/C(=O)C(C5CCC6CCCC7NC8(CCCCCCCCCC)CCC(=O)N8C5C67)=C4O)C(=N2)C31. The van der Waals surface area contributed by atoms with E-state index in [1.54, 1.807) is 0 Å². The molecule has 0 bridgehead atoms. The molecule has 8 nitrogen and oxygen atoms in total. The minimum atomic E-state index is -0.540. The van der Waals surface area contributed by atoms with Crippen molar-refractivity contribution in [2.45, 2.75) is 236 Å². The Morgan fingerprint density at radius 3 is 2.10 bits per heavy atom. The molecule has 5 aliphatic carbocycles. The number of nitrogens with one attached hydrogen (secondary N) is 1. The molecule has 9 rings (SSSR count). The molecule has 0 spiro atoms. The molecule has 4 heterocycles. The predicted molar refractivity (Wildman–Crippen MR) is 239 cm³/mol. The van der Waals surface area contributed by atoms with E-state index in [1.165, 1.54) is 96.3 Å². The number of unbranched alkanes of at least 4 members (excludes halogenated alkanes) is 14. The Labute approximate surface area is 361 Å². The third kappa shape index (κ3) is 7.50. The largest absolute Gasteiger partial charge is 0.507 e. The highest BCUT2D eigenvalue weighted by Crippen LogP contribution is 2.57. The summed E-state index contributed by atoms with van der Waals surface area (Å²) in [6.07, 6.45) is 37.7. The smallest absolute Gasteiger partial charge is 0.224 e. The number of hydrogen-bond donors (Lipinski definition) is 2. The zero-order chi connectivity index (χ0) is 41.4. The molecule has 6 fully saturated rings. The normalized spacial score (nSPS) is 37.8. The number of aliphatic hydroxyl groups excluding tert-OH is 1. The summed E-state index contributed by atoms with van der Waals surface area (Å²) in [7, 11) is 0. The van der Waals surface area contributed by atoms with Gasteiger partial charge in [-0.15, -0.1) is 0 Å². The molecule has 2 N–H and O–H groups in total. The highest BCUT2D eigenvalue weighted by molar-refractivity contribution is 6.25. The number of amides is 2. The fourth-order valence-electron chi connectivity index (χ4n) is 14.8. The van der Waals surface area contributed by atoms with Crippen LogP contribution in [0.5, 0.6) is 0 Å². The Kier molecular flexibility index (Phi) is 12.9. The molecule has 4 aliphatic heterocycles. The number of fused-ring (bicyclic) bond motifs is 4. The molecule has 60 heavy (non-hydrogen) atoms. The second-order valence-corrected chi connectivity index (χ2v) is 21.1. The average Bonchev–Trinajstić information content (AvgIpc) is 3.77. The van der Waals surface area contributed by atoms with Gasteiger partial charge < -0.3 is 14.9 Å². The van der Waals surface area contributed by atoms with Crippen molar-refractivity contribution in [2.24, 2.45) is 34.6 Å². The molecule has 3 saturated heterocycles. The third-order valence-electron chi connectivity index (χ3n) is 17.6. The number of aliphatic imine (C=N–C) groups is 1. The van der Waals surface area contributed by atoms with Crippen LogP contribution in [0.4, 0.5) is 0 Å². The molecule has 10 atom stereocenters. The van der Waals surface area contributed by atoms with Crippen molar-refractivity contribution in [1.82, 2.24) is 15.1 Å². The van der Waals surface area contributed by atoms with Crippen LogP contribution in [0, 0.1) is 29.6 Å². The van der Waals surface area contributed by atoms with Crippen LogP contribution in [-0.4, -0.2) is 67.7 Å². The Balaban J connectivity index is 1.00. The van der Waals surface area contributed by atoms with E-state index in [0.717, 1.165) is 94.8 Å². The number of rotatable bonds is 19. The quantitative estimate of drug-likeness (QED) is 0.0998. The number of carbonyl (C=O) groups excluding carboxylic acids is 3. The average molecular weight is 823 g/mol. The summed E-state index contributed by atoms with van der Waals surface area (Å²) in [6, 6.07) is 0.419. The van der Waals surface area contributed by atoms with E-state index in [0.29, 0.717) is 47.8 Å². The molecule has 3 saturated carbocycles. The lowest BCUT2D eigenvalue weighted by atomic mass is 9.57. The van der Waals surface area contributed by atoms with Gasteiger partial charge in [0.15, 0.2) is 5.78 Å². The number of ketones is 1. The fourth-order valence-corrected chi connectivity index (χ4v) is 14.8. The highest BCUT2D eigenvalue weighted by Gasteiger charge is 2.63. The summed E-state index contributed by atoms with van der Waals surface area (Å²) in [5, 5.41) is 16.6. The topological polar surface area (TPSA) is 102 Å². The molecule has 10 unspecified atom stereocenters. The second kappa shape index (κ2) is 18.2. The lowest BCUT2D eigenvalue weighted by Crippen LogP contribution is -2.75. The first-order valence-corrected chi connectivity index (χ1v) is 25.8. The van der Waals surface area contributed by atoms with Crippen molar-refractivity contribution in [3.63, 3.8) is 0 Å². The summed E-state index contributed by atoms with van der Waals surface area (Å²) in [4.78, 5) is 53.1. The highest BCUT2D eigenvalue weighted by atomic mass is 16.3. The van der Waals surface area contributed by atoms with Gasteiger partial charge in [0.05, 0.1) is 16.9 Å². The van der Waals surface area contributed by atoms with Crippen LogP contribution >= 0.6 is 0 Å². The standard InChI is InChI=1S/C52H78N4O4/c1-3-5-7-9-11-13-15-17-31-51-33-30-42(58)56(51)48-38(28-26-35-21-19-23-39(53-51)43(35)48)46-49(59)45(50(46)60)37-27-25-36-22-20-24-40-44(36)47(37)54-52(34-29-41(57)55(40)52)32-18-16-14-12-10-8-6-4-2/h25,27,35-36,38-40,43-44,48,53,59H,3-24,26,28-34H2,1-2H3/b45-37-. The fraction of sp³-hybridized carbons (Fsp3) is 0.808. The van der Waals surface area contributed by atoms with E-state index in [2.05, 4.69) is 41.1 Å². The van der Waals surface area contributed by atoms with Gasteiger partial charge in [0.1, 0.15) is 11.4 Å². The van der Waals surface area contributed by atoms with Crippen molar-refractivity contribution < 1.29 is 19.5 Å². The van der Waals surface area contributed by atoms with Crippen LogP contribution in [0.2, 0.25) is 0 Å². The zero-order valence-corrected chi connectivity index (χ0v) is 37.5. The van der Waals surface area contributed by atoms with Gasteiger partial charge in [0, 0.05) is 53.9 Å². The van der Waals surface area contributed by atoms with Crippen molar-refractivity contribution in [2.75, 3.05) is 0 Å². The molecule has 0 aromatic carbocycles. The van der Waals surface area contributed by atoms with Crippen LogP contribution in [0.1, 0.15) is 206 Å². The number of allylic oxidation sites excluding steroid dienone is 4. The number of nitrogens with zero attached hydrogens (tertiary/aromatic N) is 3. The second-order valence-electron chi connectivity index (χ2n) is 21.1. The van der Waals surface area contributed by atoms with Gasteiger partial charge in [-0.3, -0.25) is 24.7 Å². The Morgan fingerprint density at radius 1 is 0.733 bits per heavy atom. The first-order valence-electron chi connectivity index (χ1n) is 25.8. The molecular formula is C52H78N4O4. The van der Waals surface area contributed by atoms with E-state index in [4.69, 9.17) is 4.99 Å². The molecule has 9 aliphatic rings. The maximum atomic E-state index is 15.0. The van der Waals surface area contributed by atoms with Crippen molar-refractivity contribution in [3.8, 4) is 0 Å². The van der Waals surface area contributed by atoms with Crippen LogP contribution in [0.25, 0.3) is 0 Å². The van der Waals surface area contributed by atoms with Gasteiger partial charge >= 0.3 is 0 Å². The molecule has 0 aromatic rings. The summed E-state index contributed by atoms with van der Waals surface area (Å²) < 4.78 is 0. The molecule has 0 aromatic heterocycles. The maximum absolute atomic E-state index is 15.0. The minimum Gasteiger partial charge on any atom is -0.507 e. The number of hydrogen-bond acceptors (Lipinski definition) is 6. The number of Topliss-reactive ketones (excluding diaryl/α,β-unsaturated/α-hetero) is 1. The number of carbonyl (C=O) groups is 3. The predicted octanol–water partition coefficient (Wildman–Crippen LogP) is 11.4. The van der Waals surface area contributed by atoms with Crippen molar-refractivity contribution >= 4 is 23.3 Å². The van der Waals surface area contributed by atoms with E-state index < -0.39 is 5.66 Å². The van der Waals surface area contributed by atoms with Gasteiger partial charge in [0.25, 0.3) is 0 Å². The maximum Gasteiger partial charge on any atom is 0.224 e. The van der Waals surface area contributed by atoms with Gasteiger partial charge in [-0.25, -0.2) is 0 Å². The van der Waals surface area contributed by atoms with Crippen LogP contribution in [-0.2, 0) is 14.4 Å². The van der Waals surface area contributed by atoms with Gasteiger partial charge in [-0.1, -0.05) is 129 Å². The lowest BCUT2D eigenvalue weighted by molar-refractivity contribution is -0.157. The summed E-state index contributed by atoms with van der Waals surface area (Å²) in [6.45, 7) is 4.54. The summed E-state index contributed by atoms with van der Waals surface area (Å²) in [5.74, 6) is 1.75. The van der Waals surface area contributed by atoms with Crippen molar-refractivity contribution in [3.05, 3.63) is 34.6 Å². The van der Waals surface area contributed by atoms with Gasteiger partial charge in [0.2, 0.25) is 11.8 Å². The van der Waals surface area contributed by atoms with Gasteiger partial charge in [-0.05, 0) is 94.8 Å². The molecular weight excluding hydrogens is 745 g/mol. The molecule has 8 heteroatoms. The Hall–Kier alpha value is -2.74. The monoisotopic (exact) mass is 823 g/mol. The molecule has 2 amide bonds. The Bertz CT molecular complexity index is 1760. The lowest BCUT2D eigenvalue weighted by Gasteiger charge is -2.62. The van der Waals surface area contributed by atoms with E-state index in [-0.39, 0.29) is 52.9 Å². The van der Waals surface area contributed by atoms with E-state index in [9.17, 15) is 19.5 Å². The first-order chi connectivity index (χ1) is 29.3. The minimum absolute atomic E-state index is 0.0163. The van der Waals surface area contributed by atoms with Crippen molar-refractivity contribution in [1.29, 1.82) is 0 Å². The molecule has 0 radical (unpaired) electrons. The van der Waals surface area contributed by atoms with Crippen LogP contribution in [0.3, 0.4) is 0 Å². The van der Waals surface area contributed by atoms with Crippen LogP contribution in [0.15, 0.2) is 39.6 Å². The Morgan fingerprint density at radius 2 is 1.38 bits per heavy atom. The van der Waals surface area contributed by atoms with E-state index >= 15 is 0 Å². The van der Waals surface area contributed by atoms with Crippen LogP contribution < -0.4 is 5.32 Å². The van der Waals surface area contributed by atoms with Gasteiger partial charge in [-0.2, -0.15) is 0 Å².